The molecule has 0 aliphatic heterocycles. The predicted molar refractivity (Wildman–Crippen MR) is 75.5 cm³/mol. The molecule has 0 aromatic rings. The van der Waals surface area contributed by atoms with Crippen molar-refractivity contribution in [3.63, 3.8) is 0 Å². The van der Waals surface area contributed by atoms with E-state index in [-0.39, 0.29) is 11.3 Å². The van der Waals surface area contributed by atoms with Crippen molar-refractivity contribution in [2.24, 2.45) is 5.41 Å². The molecule has 2 saturated carbocycles. The lowest BCUT2D eigenvalue weighted by atomic mass is 9.83. The molecule has 0 aromatic heterocycles. The van der Waals surface area contributed by atoms with Gasteiger partial charge in [0, 0.05) is 18.8 Å². The van der Waals surface area contributed by atoms with Crippen molar-refractivity contribution in [3.05, 3.63) is 0 Å². The van der Waals surface area contributed by atoms with Crippen LogP contribution in [-0.4, -0.2) is 32.5 Å². The highest BCUT2D eigenvalue weighted by Crippen LogP contribution is 2.40. The number of sulfone groups is 1. The number of hydrogen-bond donors (Lipinski definition) is 1. The highest BCUT2D eigenvalue weighted by Gasteiger charge is 2.37. The second kappa shape index (κ2) is 5.49. The zero-order valence-corrected chi connectivity index (χ0v) is 12.6. The Morgan fingerprint density at radius 2 is 1.83 bits per heavy atom. The van der Waals surface area contributed by atoms with Gasteiger partial charge in [0.15, 0.2) is 9.84 Å². The van der Waals surface area contributed by atoms with Gasteiger partial charge in [-0.2, -0.15) is 0 Å². The van der Waals surface area contributed by atoms with Gasteiger partial charge in [0.05, 0.1) is 5.25 Å². The lowest BCUT2D eigenvalue weighted by molar-refractivity contribution is 0.256. The van der Waals surface area contributed by atoms with Gasteiger partial charge in [0.2, 0.25) is 0 Å². The molecule has 2 aliphatic carbocycles. The van der Waals surface area contributed by atoms with Gasteiger partial charge in [-0.15, -0.1) is 0 Å². The molecule has 2 unspecified atom stereocenters. The normalized spacial score (nSPS) is 31.9. The fourth-order valence-corrected chi connectivity index (χ4v) is 5.22. The molecule has 2 rings (SSSR count). The summed E-state index contributed by atoms with van der Waals surface area (Å²) in [6, 6.07) is 0.198. The van der Waals surface area contributed by atoms with Crippen LogP contribution in [0.2, 0.25) is 0 Å². The zero-order chi connectivity index (χ0) is 13.2. The summed E-state index contributed by atoms with van der Waals surface area (Å²) in [7, 11) is -2.89. The molecule has 0 radical (unpaired) electrons. The number of hydrogen-bond acceptors (Lipinski definition) is 3. The lowest BCUT2D eigenvalue weighted by Crippen LogP contribution is -2.44. The molecule has 106 valence electrons. The Hall–Kier alpha value is -0.0900. The predicted octanol–water partition coefficient (Wildman–Crippen LogP) is 2.51. The van der Waals surface area contributed by atoms with E-state index in [9.17, 15) is 8.42 Å². The molecule has 3 nitrogen and oxygen atoms in total. The van der Waals surface area contributed by atoms with E-state index in [1.807, 2.05) is 0 Å². The summed E-state index contributed by atoms with van der Waals surface area (Å²) in [6.45, 7) is 3.29. The van der Waals surface area contributed by atoms with Gasteiger partial charge in [-0.3, -0.25) is 0 Å². The Morgan fingerprint density at radius 1 is 1.17 bits per heavy atom. The van der Waals surface area contributed by atoms with Crippen molar-refractivity contribution in [2.75, 3.05) is 12.8 Å². The summed E-state index contributed by atoms with van der Waals surface area (Å²) in [5.41, 5.74) is 0.449. The van der Waals surface area contributed by atoms with E-state index in [0.717, 1.165) is 25.8 Å². The first-order chi connectivity index (χ1) is 8.47. The summed E-state index contributed by atoms with van der Waals surface area (Å²) in [6.07, 6.45) is 10.8. The van der Waals surface area contributed by atoms with Gasteiger partial charge in [-0.25, -0.2) is 8.42 Å². The van der Waals surface area contributed by atoms with E-state index < -0.39 is 9.84 Å². The van der Waals surface area contributed by atoms with E-state index in [2.05, 4.69) is 12.2 Å². The molecule has 18 heavy (non-hydrogen) atoms. The quantitative estimate of drug-likeness (QED) is 0.837. The topological polar surface area (TPSA) is 46.2 Å². The van der Waals surface area contributed by atoms with Crippen molar-refractivity contribution in [3.8, 4) is 0 Å². The highest BCUT2D eigenvalue weighted by molar-refractivity contribution is 7.91. The van der Waals surface area contributed by atoms with Crippen molar-refractivity contribution in [1.29, 1.82) is 0 Å². The van der Waals surface area contributed by atoms with Gasteiger partial charge >= 0.3 is 0 Å². The summed E-state index contributed by atoms with van der Waals surface area (Å²) in [5, 5.41) is 3.45. The molecule has 1 N–H and O–H groups in total. The maximum Gasteiger partial charge on any atom is 0.151 e. The maximum absolute atomic E-state index is 11.7. The largest absolute Gasteiger partial charge is 0.312 e. The second-order valence-corrected chi connectivity index (χ2v) is 8.61. The lowest BCUT2D eigenvalue weighted by Gasteiger charge is -2.31. The first-order valence-electron chi connectivity index (χ1n) is 7.39. The van der Waals surface area contributed by atoms with Crippen molar-refractivity contribution < 1.29 is 8.42 Å². The van der Waals surface area contributed by atoms with Crippen LogP contribution in [0.3, 0.4) is 0 Å². The van der Waals surface area contributed by atoms with Gasteiger partial charge in [0.25, 0.3) is 0 Å². The van der Waals surface area contributed by atoms with Crippen molar-refractivity contribution >= 4 is 9.84 Å². The second-order valence-electron chi connectivity index (χ2n) is 6.35. The molecule has 0 heterocycles. The van der Waals surface area contributed by atoms with Crippen LogP contribution in [0.5, 0.6) is 0 Å². The third kappa shape index (κ3) is 3.08. The van der Waals surface area contributed by atoms with Gasteiger partial charge in [-0.05, 0) is 37.5 Å². The van der Waals surface area contributed by atoms with Crippen LogP contribution in [-0.2, 0) is 9.84 Å². The van der Waals surface area contributed by atoms with E-state index in [1.165, 1.54) is 38.4 Å². The number of rotatable bonds is 5. The Balaban J connectivity index is 1.93. The first kappa shape index (κ1) is 14.3. The van der Waals surface area contributed by atoms with Crippen molar-refractivity contribution in [1.82, 2.24) is 5.32 Å². The van der Waals surface area contributed by atoms with Crippen molar-refractivity contribution in [2.45, 2.75) is 69.6 Å². The number of nitrogens with one attached hydrogen (secondary N) is 1. The van der Waals surface area contributed by atoms with Crippen LogP contribution >= 0.6 is 0 Å². The maximum atomic E-state index is 11.7. The molecule has 2 atom stereocenters. The molecule has 2 aliphatic rings. The van der Waals surface area contributed by atoms with E-state index in [4.69, 9.17) is 0 Å². The Morgan fingerprint density at radius 3 is 2.39 bits per heavy atom. The average Bonchev–Trinajstić information content (AvgIpc) is 2.95. The fourth-order valence-electron chi connectivity index (χ4n) is 3.80. The minimum atomic E-state index is -2.89. The molecule has 0 saturated heterocycles. The van der Waals surface area contributed by atoms with Gasteiger partial charge in [-0.1, -0.05) is 26.2 Å². The molecular weight excluding hydrogens is 246 g/mol. The van der Waals surface area contributed by atoms with Crippen LogP contribution in [0, 0.1) is 5.41 Å². The standard InChI is InChI=1S/C14H27NO2S/c1-3-14(9-4-5-10-14)11-15-12-7-6-8-13(12)18(2,16)17/h12-13,15H,3-11H2,1-2H3. The molecular formula is C14H27NO2S. The average molecular weight is 273 g/mol. The summed E-state index contributed by atoms with van der Waals surface area (Å²) < 4.78 is 23.5. The molecule has 0 bridgehead atoms. The first-order valence-corrected chi connectivity index (χ1v) is 9.35. The summed E-state index contributed by atoms with van der Waals surface area (Å²) in [4.78, 5) is 0. The molecule has 2 fully saturated rings. The summed E-state index contributed by atoms with van der Waals surface area (Å²) in [5.74, 6) is 0. The smallest absolute Gasteiger partial charge is 0.151 e. The van der Waals surface area contributed by atoms with Crippen LogP contribution in [0.1, 0.15) is 58.3 Å². The highest BCUT2D eigenvalue weighted by atomic mass is 32.2. The van der Waals surface area contributed by atoms with Crippen LogP contribution in [0.25, 0.3) is 0 Å². The third-order valence-corrected chi connectivity index (χ3v) is 6.82. The monoisotopic (exact) mass is 273 g/mol. The minimum absolute atomic E-state index is 0.146. The fraction of sp³-hybridized carbons (Fsp3) is 1.00. The Bertz CT molecular complexity index is 371. The Kier molecular flexibility index (Phi) is 4.37. The van der Waals surface area contributed by atoms with Crippen LogP contribution in [0.15, 0.2) is 0 Å². The molecule has 0 spiro atoms. The van der Waals surface area contributed by atoms with Gasteiger partial charge < -0.3 is 5.32 Å². The van der Waals surface area contributed by atoms with E-state index in [1.54, 1.807) is 0 Å². The summed E-state index contributed by atoms with van der Waals surface area (Å²) >= 11 is 0. The molecule has 4 heteroatoms. The van der Waals surface area contributed by atoms with E-state index >= 15 is 0 Å². The van der Waals surface area contributed by atoms with E-state index in [0.29, 0.717) is 5.41 Å². The minimum Gasteiger partial charge on any atom is -0.312 e. The van der Waals surface area contributed by atoms with Crippen LogP contribution < -0.4 is 5.32 Å². The zero-order valence-electron chi connectivity index (χ0n) is 11.7. The molecule has 0 aromatic carbocycles. The van der Waals surface area contributed by atoms with Crippen LogP contribution in [0.4, 0.5) is 0 Å². The SMILES string of the molecule is CCC1(CNC2CCCC2S(C)(=O)=O)CCCC1. The third-order valence-electron chi connectivity index (χ3n) is 5.16. The van der Waals surface area contributed by atoms with Gasteiger partial charge in [0.1, 0.15) is 0 Å². The Labute approximate surface area is 112 Å². The molecule has 0 amide bonds.